The topological polar surface area (TPSA) is 43.9 Å². The molecule has 2 aliphatic heterocycles. The van der Waals surface area contributed by atoms with Gasteiger partial charge in [-0.25, -0.2) is 8.78 Å². The third-order valence-electron chi connectivity index (χ3n) is 5.79. The Morgan fingerprint density at radius 3 is 2.30 bits per heavy atom. The lowest BCUT2D eigenvalue weighted by Crippen LogP contribution is -2.59. The van der Waals surface area contributed by atoms with E-state index in [1.54, 1.807) is 0 Å². The van der Waals surface area contributed by atoms with Gasteiger partial charge >= 0.3 is 0 Å². The molecule has 0 unspecified atom stereocenters. The number of hydrogen-bond acceptors (Lipinski definition) is 3. The van der Waals surface area contributed by atoms with Gasteiger partial charge < -0.3 is 14.7 Å². The summed E-state index contributed by atoms with van der Waals surface area (Å²) in [7, 11) is 0. The van der Waals surface area contributed by atoms with Crippen molar-refractivity contribution in [3.63, 3.8) is 0 Å². The number of hydrogen-bond donors (Lipinski definition) is 0. The summed E-state index contributed by atoms with van der Waals surface area (Å²) in [5, 5.41) is 0.689. The van der Waals surface area contributed by atoms with Gasteiger partial charge in [-0.05, 0) is 42.8 Å². The Morgan fingerprint density at radius 2 is 1.63 bits per heavy atom. The number of halogens is 3. The summed E-state index contributed by atoms with van der Waals surface area (Å²) in [5.74, 6) is -2.65. The van der Waals surface area contributed by atoms with Crippen molar-refractivity contribution < 1.29 is 18.4 Å². The third-order valence-corrected chi connectivity index (χ3v) is 6.02. The van der Waals surface area contributed by atoms with Crippen LogP contribution in [0.4, 0.5) is 14.5 Å². The summed E-state index contributed by atoms with van der Waals surface area (Å²) >= 11 is 6.12. The van der Waals surface area contributed by atoms with E-state index >= 15 is 0 Å². The Balaban J connectivity index is 1.30. The van der Waals surface area contributed by atoms with Crippen molar-refractivity contribution in [2.45, 2.75) is 6.92 Å². The second-order valence-corrected chi connectivity index (χ2v) is 8.22. The highest BCUT2D eigenvalue weighted by molar-refractivity contribution is 6.30. The average Bonchev–Trinajstić information content (AvgIpc) is 2.70. The predicted molar refractivity (Wildman–Crippen MR) is 111 cm³/mol. The fourth-order valence-electron chi connectivity index (χ4n) is 3.96. The summed E-state index contributed by atoms with van der Waals surface area (Å²) in [5.41, 5.74) is 2.32. The van der Waals surface area contributed by atoms with E-state index in [9.17, 15) is 18.4 Å². The summed E-state index contributed by atoms with van der Waals surface area (Å²) in [6.07, 6.45) is 0. The van der Waals surface area contributed by atoms with E-state index in [2.05, 4.69) is 4.90 Å². The standard InChI is InChI=1S/C22H22ClF2N3O2/c1-14-2-4-17(23)11-20(14)26-6-8-27(9-7-26)22(30)16-12-28(13-16)21(29)15-3-5-18(24)19(25)10-15/h2-5,10-11,16H,6-9,12-13H2,1H3. The molecule has 2 aromatic rings. The lowest BCUT2D eigenvalue weighted by atomic mass is 9.96. The SMILES string of the molecule is Cc1ccc(Cl)cc1N1CCN(C(=O)C2CN(C(=O)c3ccc(F)c(F)c3)C2)CC1. The second-order valence-electron chi connectivity index (χ2n) is 7.78. The number of carbonyl (C=O) groups excluding carboxylic acids is 2. The smallest absolute Gasteiger partial charge is 0.254 e. The van der Waals surface area contributed by atoms with Crippen molar-refractivity contribution in [1.29, 1.82) is 0 Å². The molecule has 4 rings (SSSR count). The first-order valence-electron chi connectivity index (χ1n) is 9.87. The van der Waals surface area contributed by atoms with E-state index in [0.29, 0.717) is 31.2 Å². The van der Waals surface area contributed by atoms with E-state index < -0.39 is 11.6 Å². The number of benzene rings is 2. The molecule has 0 aliphatic carbocycles. The number of likely N-dealkylation sites (tertiary alicyclic amines) is 1. The van der Waals surface area contributed by atoms with Crippen LogP contribution in [-0.2, 0) is 4.79 Å². The summed E-state index contributed by atoms with van der Waals surface area (Å²) in [6.45, 7) is 5.29. The van der Waals surface area contributed by atoms with Crippen LogP contribution in [0.5, 0.6) is 0 Å². The third kappa shape index (κ3) is 3.99. The number of rotatable bonds is 3. The van der Waals surface area contributed by atoms with Gasteiger partial charge in [0.2, 0.25) is 5.91 Å². The first-order chi connectivity index (χ1) is 14.3. The molecule has 30 heavy (non-hydrogen) atoms. The van der Waals surface area contributed by atoms with Gasteiger partial charge in [0.25, 0.3) is 5.91 Å². The highest BCUT2D eigenvalue weighted by Gasteiger charge is 2.39. The van der Waals surface area contributed by atoms with Gasteiger partial charge in [0.1, 0.15) is 0 Å². The summed E-state index contributed by atoms with van der Waals surface area (Å²) in [6, 6.07) is 8.89. The second kappa shape index (κ2) is 8.22. The number of anilines is 1. The fraction of sp³-hybridized carbons (Fsp3) is 0.364. The lowest BCUT2D eigenvalue weighted by molar-refractivity contribution is -0.140. The molecule has 2 fully saturated rings. The van der Waals surface area contributed by atoms with E-state index in [4.69, 9.17) is 11.6 Å². The maximum absolute atomic E-state index is 13.4. The molecule has 0 bridgehead atoms. The van der Waals surface area contributed by atoms with E-state index in [0.717, 1.165) is 36.5 Å². The van der Waals surface area contributed by atoms with Crippen LogP contribution in [0.3, 0.4) is 0 Å². The van der Waals surface area contributed by atoms with Crippen molar-refractivity contribution in [3.05, 3.63) is 64.2 Å². The molecular formula is C22H22ClF2N3O2. The molecule has 0 N–H and O–H groups in total. The number of aryl methyl sites for hydroxylation is 1. The molecule has 0 saturated carbocycles. The Hall–Kier alpha value is -2.67. The number of amides is 2. The van der Waals surface area contributed by atoms with Crippen LogP contribution in [0.25, 0.3) is 0 Å². The molecule has 158 valence electrons. The molecule has 0 atom stereocenters. The fourth-order valence-corrected chi connectivity index (χ4v) is 4.13. The van der Waals surface area contributed by atoms with Crippen LogP contribution >= 0.6 is 11.6 Å². The van der Waals surface area contributed by atoms with Gasteiger partial charge in [0, 0.05) is 55.5 Å². The number of carbonyl (C=O) groups is 2. The van der Waals surface area contributed by atoms with E-state index in [-0.39, 0.29) is 23.3 Å². The van der Waals surface area contributed by atoms with Crippen LogP contribution in [-0.4, -0.2) is 60.9 Å². The highest BCUT2D eigenvalue weighted by Crippen LogP contribution is 2.27. The summed E-state index contributed by atoms with van der Waals surface area (Å²) < 4.78 is 26.4. The maximum Gasteiger partial charge on any atom is 0.254 e. The molecule has 2 aromatic carbocycles. The monoisotopic (exact) mass is 433 g/mol. The first kappa shape index (κ1) is 20.6. The van der Waals surface area contributed by atoms with Crippen molar-refractivity contribution in [2.24, 2.45) is 5.92 Å². The van der Waals surface area contributed by atoms with E-state index in [1.807, 2.05) is 30.0 Å². The summed E-state index contributed by atoms with van der Waals surface area (Å²) in [4.78, 5) is 30.7. The van der Waals surface area contributed by atoms with Crippen LogP contribution < -0.4 is 4.90 Å². The number of piperazine rings is 1. The zero-order chi connectivity index (χ0) is 21.4. The molecule has 0 radical (unpaired) electrons. The Morgan fingerprint density at radius 1 is 0.933 bits per heavy atom. The maximum atomic E-state index is 13.4. The zero-order valence-electron chi connectivity index (χ0n) is 16.6. The quantitative estimate of drug-likeness (QED) is 0.745. The lowest BCUT2D eigenvalue weighted by Gasteiger charge is -2.43. The Kier molecular flexibility index (Phi) is 5.64. The van der Waals surface area contributed by atoms with Crippen LogP contribution in [0.2, 0.25) is 5.02 Å². The normalized spacial score (nSPS) is 17.1. The minimum Gasteiger partial charge on any atom is -0.368 e. The van der Waals surface area contributed by atoms with Crippen molar-refractivity contribution in [3.8, 4) is 0 Å². The van der Waals surface area contributed by atoms with Gasteiger partial charge in [-0.2, -0.15) is 0 Å². The largest absolute Gasteiger partial charge is 0.368 e. The van der Waals surface area contributed by atoms with Crippen molar-refractivity contribution >= 4 is 29.1 Å². The van der Waals surface area contributed by atoms with Crippen molar-refractivity contribution in [1.82, 2.24) is 9.80 Å². The van der Waals surface area contributed by atoms with Gasteiger partial charge in [0.15, 0.2) is 11.6 Å². The molecule has 2 aliphatic rings. The van der Waals surface area contributed by atoms with Crippen molar-refractivity contribution in [2.75, 3.05) is 44.2 Å². The van der Waals surface area contributed by atoms with Gasteiger partial charge in [0.05, 0.1) is 5.92 Å². The predicted octanol–water partition coefficient (Wildman–Crippen LogP) is 3.35. The molecule has 0 aromatic heterocycles. The minimum absolute atomic E-state index is 0.0341. The van der Waals surface area contributed by atoms with Gasteiger partial charge in [-0.3, -0.25) is 9.59 Å². The molecule has 5 nitrogen and oxygen atoms in total. The Labute approximate surface area is 178 Å². The van der Waals surface area contributed by atoms with Crippen LogP contribution in [0, 0.1) is 24.5 Å². The van der Waals surface area contributed by atoms with Gasteiger partial charge in [-0.15, -0.1) is 0 Å². The molecule has 2 amide bonds. The van der Waals surface area contributed by atoms with Crippen LogP contribution in [0.15, 0.2) is 36.4 Å². The Bertz CT molecular complexity index is 986. The number of nitrogens with zero attached hydrogens (tertiary/aromatic N) is 3. The highest BCUT2D eigenvalue weighted by atomic mass is 35.5. The molecule has 8 heteroatoms. The first-order valence-corrected chi connectivity index (χ1v) is 10.3. The van der Waals surface area contributed by atoms with Crippen LogP contribution in [0.1, 0.15) is 15.9 Å². The molecular weight excluding hydrogens is 412 g/mol. The van der Waals surface area contributed by atoms with Gasteiger partial charge in [-0.1, -0.05) is 17.7 Å². The molecule has 2 heterocycles. The molecule has 0 spiro atoms. The zero-order valence-corrected chi connectivity index (χ0v) is 17.3. The minimum atomic E-state index is -1.05. The van der Waals surface area contributed by atoms with E-state index in [1.165, 1.54) is 11.0 Å². The average molecular weight is 434 g/mol. The molecule has 2 saturated heterocycles.